The highest BCUT2D eigenvalue weighted by Crippen LogP contribution is 2.32. The van der Waals surface area contributed by atoms with Gasteiger partial charge >= 0.3 is 0 Å². The molecule has 1 aliphatic rings. The van der Waals surface area contributed by atoms with Gasteiger partial charge in [-0.25, -0.2) is 0 Å². The van der Waals surface area contributed by atoms with E-state index in [4.69, 9.17) is 0 Å². The predicted octanol–water partition coefficient (Wildman–Crippen LogP) is 3.44. The minimum atomic E-state index is -0.390. The molecule has 0 bridgehead atoms. The molecule has 2 rings (SSSR count). The Bertz CT molecular complexity index is 449. The lowest BCUT2D eigenvalue weighted by molar-refractivity contribution is 0.0297. The number of aliphatic hydroxyl groups is 1. The number of benzene rings is 1. The van der Waals surface area contributed by atoms with E-state index in [1.807, 2.05) is 0 Å². The largest absolute Gasteiger partial charge is 0.390 e. The average Bonchev–Trinajstić information content (AvgIpc) is 2.92. The van der Waals surface area contributed by atoms with Crippen LogP contribution in [0.5, 0.6) is 0 Å². The highest BCUT2D eigenvalue weighted by atomic mass is 16.3. The lowest BCUT2D eigenvalue weighted by Crippen LogP contribution is -2.31. The SMILES string of the molecule is C[C@@H](c1ccc(CN(C)CCC2(O)CCCC2)cc1)N(C)C. The third-order valence-electron chi connectivity index (χ3n) is 5.18. The molecule has 0 aliphatic heterocycles. The molecule has 0 spiro atoms. The van der Waals surface area contributed by atoms with Crippen LogP contribution in [-0.2, 0) is 6.54 Å². The maximum Gasteiger partial charge on any atom is 0.0660 e. The molecule has 1 aliphatic carbocycles. The fourth-order valence-corrected chi connectivity index (χ4v) is 3.27. The van der Waals surface area contributed by atoms with Gasteiger partial charge in [0.25, 0.3) is 0 Å². The first kappa shape index (κ1) is 17.5. The van der Waals surface area contributed by atoms with Crippen LogP contribution in [0.1, 0.15) is 56.2 Å². The number of rotatable bonds is 7. The van der Waals surface area contributed by atoms with Gasteiger partial charge in [-0.2, -0.15) is 0 Å². The van der Waals surface area contributed by atoms with Crippen molar-refractivity contribution in [3.8, 4) is 0 Å². The summed E-state index contributed by atoms with van der Waals surface area (Å²) in [5.74, 6) is 0. The van der Waals surface area contributed by atoms with E-state index in [9.17, 15) is 5.11 Å². The molecule has 3 heteroatoms. The normalized spacial score (nSPS) is 19.0. The van der Waals surface area contributed by atoms with Crippen LogP contribution in [0.3, 0.4) is 0 Å². The third kappa shape index (κ3) is 4.80. The maximum atomic E-state index is 10.4. The van der Waals surface area contributed by atoms with Crippen molar-refractivity contribution in [2.24, 2.45) is 0 Å². The quantitative estimate of drug-likeness (QED) is 0.836. The summed E-state index contributed by atoms with van der Waals surface area (Å²) in [6, 6.07) is 9.38. The van der Waals surface area contributed by atoms with Gasteiger partial charge in [-0.1, -0.05) is 37.1 Å². The average molecular weight is 304 g/mol. The summed E-state index contributed by atoms with van der Waals surface area (Å²) in [5, 5.41) is 10.4. The molecule has 0 heterocycles. The molecule has 0 radical (unpaired) electrons. The summed E-state index contributed by atoms with van der Waals surface area (Å²) < 4.78 is 0. The van der Waals surface area contributed by atoms with Crippen molar-refractivity contribution in [3.05, 3.63) is 35.4 Å². The molecule has 0 aromatic heterocycles. The van der Waals surface area contributed by atoms with Crippen molar-refractivity contribution in [1.29, 1.82) is 0 Å². The van der Waals surface area contributed by atoms with Crippen LogP contribution in [0.25, 0.3) is 0 Å². The summed E-state index contributed by atoms with van der Waals surface area (Å²) in [6.45, 7) is 4.14. The van der Waals surface area contributed by atoms with Gasteiger partial charge in [0.2, 0.25) is 0 Å². The molecule has 0 saturated heterocycles. The van der Waals surface area contributed by atoms with Crippen LogP contribution < -0.4 is 0 Å². The Morgan fingerprint density at radius 3 is 2.23 bits per heavy atom. The first-order valence-corrected chi connectivity index (χ1v) is 8.56. The fraction of sp³-hybridized carbons (Fsp3) is 0.684. The van der Waals surface area contributed by atoms with Crippen molar-refractivity contribution in [2.75, 3.05) is 27.7 Å². The van der Waals surface area contributed by atoms with Crippen molar-refractivity contribution >= 4 is 0 Å². The molecule has 22 heavy (non-hydrogen) atoms. The molecule has 1 saturated carbocycles. The van der Waals surface area contributed by atoms with Crippen LogP contribution in [-0.4, -0.2) is 48.2 Å². The summed E-state index contributed by atoms with van der Waals surface area (Å²) >= 11 is 0. The van der Waals surface area contributed by atoms with E-state index in [-0.39, 0.29) is 5.60 Å². The number of nitrogens with zero attached hydrogens (tertiary/aromatic N) is 2. The highest BCUT2D eigenvalue weighted by molar-refractivity contribution is 5.24. The van der Waals surface area contributed by atoms with Crippen LogP contribution in [0.15, 0.2) is 24.3 Å². The second-order valence-electron chi connectivity index (χ2n) is 7.30. The van der Waals surface area contributed by atoms with Crippen LogP contribution in [0, 0.1) is 0 Å². The van der Waals surface area contributed by atoms with E-state index in [0.717, 1.165) is 32.4 Å². The van der Waals surface area contributed by atoms with Crippen molar-refractivity contribution in [1.82, 2.24) is 9.80 Å². The van der Waals surface area contributed by atoms with Gasteiger partial charge in [0.1, 0.15) is 0 Å². The minimum absolute atomic E-state index is 0.390. The van der Waals surface area contributed by atoms with Crippen LogP contribution >= 0.6 is 0 Å². The summed E-state index contributed by atoms with van der Waals surface area (Å²) in [6.07, 6.45) is 5.24. The first-order chi connectivity index (χ1) is 10.4. The van der Waals surface area contributed by atoms with E-state index < -0.39 is 0 Å². The van der Waals surface area contributed by atoms with Gasteiger partial charge in [0, 0.05) is 19.1 Å². The van der Waals surface area contributed by atoms with Gasteiger partial charge in [0.15, 0.2) is 0 Å². The second-order valence-corrected chi connectivity index (χ2v) is 7.30. The topological polar surface area (TPSA) is 26.7 Å². The van der Waals surface area contributed by atoms with Gasteiger partial charge in [-0.15, -0.1) is 0 Å². The molecule has 1 N–H and O–H groups in total. The molecule has 3 nitrogen and oxygen atoms in total. The van der Waals surface area contributed by atoms with Gasteiger partial charge < -0.3 is 14.9 Å². The van der Waals surface area contributed by atoms with E-state index in [0.29, 0.717) is 6.04 Å². The molecule has 1 fully saturated rings. The van der Waals surface area contributed by atoms with Gasteiger partial charge in [-0.05, 0) is 58.5 Å². The van der Waals surface area contributed by atoms with Crippen molar-refractivity contribution < 1.29 is 5.11 Å². The van der Waals surface area contributed by atoms with Crippen molar-refractivity contribution in [2.45, 2.75) is 57.2 Å². The van der Waals surface area contributed by atoms with E-state index in [1.165, 1.54) is 24.0 Å². The number of hydrogen-bond donors (Lipinski definition) is 1. The molecule has 0 unspecified atom stereocenters. The Balaban J connectivity index is 1.82. The Labute approximate surface area is 135 Å². The zero-order chi connectivity index (χ0) is 16.2. The maximum absolute atomic E-state index is 10.4. The summed E-state index contributed by atoms with van der Waals surface area (Å²) in [5.41, 5.74) is 2.31. The van der Waals surface area contributed by atoms with Crippen LogP contribution in [0.4, 0.5) is 0 Å². The Morgan fingerprint density at radius 2 is 1.68 bits per heavy atom. The van der Waals surface area contributed by atoms with Crippen LogP contribution in [0.2, 0.25) is 0 Å². The Morgan fingerprint density at radius 1 is 1.09 bits per heavy atom. The van der Waals surface area contributed by atoms with E-state index >= 15 is 0 Å². The molecule has 1 aromatic rings. The highest BCUT2D eigenvalue weighted by Gasteiger charge is 2.30. The zero-order valence-electron chi connectivity index (χ0n) is 14.7. The van der Waals surface area contributed by atoms with E-state index in [1.54, 1.807) is 0 Å². The monoisotopic (exact) mass is 304 g/mol. The first-order valence-electron chi connectivity index (χ1n) is 8.56. The third-order valence-corrected chi connectivity index (χ3v) is 5.18. The molecule has 124 valence electrons. The Kier molecular flexibility index (Phi) is 6.01. The molecule has 0 amide bonds. The lowest BCUT2D eigenvalue weighted by atomic mass is 9.98. The van der Waals surface area contributed by atoms with Crippen molar-refractivity contribution in [3.63, 3.8) is 0 Å². The molecular formula is C19H32N2O. The van der Waals surface area contributed by atoms with Gasteiger partial charge in [0.05, 0.1) is 5.60 Å². The lowest BCUT2D eigenvalue weighted by Gasteiger charge is -2.26. The zero-order valence-corrected chi connectivity index (χ0v) is 14.7. The van der Waals surface area contributed by atoms with Gasteiger partial charge in [-0.3, -0.25) is 0 Å². The molecule has 1 aromatic carbocycles. The van der Waals surface area contributed by atoms with E-state index in [2.05, 4.69) is 62.1 Å². The summed E-state index contributed by atoms with van der Waals surface area (Å²) in [7, 11) is 6.37. The summed E-state index contributed by atoms with van der Waals surface area (Å²) in [4.78, 5) is 4.55. The smallest absolute Gasteiger partial charge is 0.0660 e. The minimum Gasteiger partial charge on any atom is -0.390 e. The standard InChI is InChI=1S/C19H32N2O/c1-16(20(2)3)18-9-7-17(8-10-18)15-21(4)14-13-19(22)11-5-6-12-19/h7-10,16,22H,5-6,11-15H2,1-4H3/t16-/m0/s1. The number of hydrogen-bond acceptors (Lipinski definition) is 3. The second kappa shape index (κ2) is 7.58. The molecular weight excluding hydrogens is 272 g/mol. The fourth-order valence-electron chi connectivity index (χ4n) is 3.27. The Hall–Kier alpha value is -0.900. The molecule has 1 atom stereocenters. The predicted molar refractivity (Wildman–Crippen MR) is 92.9 cm³/mol.